The number of methoxy groups -OCH3 is 1. The smallest absolute Gasteiger partial charge is 0.250 e. The standard InChI is InChI=1S/C14H21BrO3Si/c1-14(2,3)19(5,6)18-13-10(9-16)11(15)7-8-12(13)17-4/h7-9H,1-6H3. The third kappa shape index (κ3) is 3.39. The maximum absolute atomic E-state index is 11.3. The van der Waals surface area contributed by atoms with Crippen molar-refractivity contribution in [3.63, 3.8) is 0 Å². The Morgan fingerprint density at radius 1 is 1.26 bits per heavy atom. The van der Waals surface area contributed by atoms with Gasteiger partial charge < -0.3 is 9.16 Å². The molecule has 1 rings (SSSR count). The average Bonchev–Trinajstić information content (AvgIpc) is 2.28. The van der Waals surface area contributed by atoms with E-state index >= 15 is 0 Å². The van der Waals surface area contributed by atoms with Crippen molar-refractivity contribution < 1.29 is 14.0 Å². The molecule has 0 saturated heterocycles. The lowest BCUT2D eigenvalue weighted by molar-refractivity contribution is 0.112. The number of aldehydes is 1. The van der Waals surface area contributed by atoms with Gasteiger partial charge in [-0.3, -0.25) is 4.79 Å². The van der Waals surface area contributed by atoms with E-state index in [0.29, 0.717) is 17.1 Å². The number of ether oxygens (including phenoxy) is 1. The first kappa shape index (κ1) is 16.2. The second kappa shape index (κ2) is 5.67. The summed E-state index contributed by atoms with van der Waals surface area (Å²) in [5, 5.41) is 0.0560. The van der Waals surface area contributed by atoms with Crippen LogP contribution >= 0.6 is 15.9 Å². The van der Waals surface area contributed by atoms with E-state index in [1.807, 2.05) is 0 Å². The quantitative estimate of drug-likeness (QED) is 0.588. The number of hydrogen-bond acceptors (Lipinski definition) is 3. The minimum atomic E-state index is -2.02. The maximum Gasteiger partial charge on any atom is 0.250 e. The van der Waals surface area contributed by atoms with E-state index in [-0.39, 0.29) is 5.04 Å². The molecule has 0 amide bonds. The Balaban J connectivity index is 3.34. The average molecular weight is 345 g/mol. The maximum atomic E-state index is 11.3. The van der Waals surface area contributed by atoms with Crippen molar-refractivity contribution in [2.24, 2.45) is 0 Å². The summed E-state index contributed by atoms with van der Waals surface area (Å²) in [7, 11) is -0.444. The van der Waals surface area contributed by atoms with E-state index in [0.717, 1.165) is 10.8 Å². The Morgan fingerprint density at radius 3 is 2.26 bits per heavy atom. The lowest BCUT2D eigenvalue weighted by Crippen LogP contribution is -2.44. The normalized spacial score (nSPS) is 12.2. The zero-order valence-electron chi connectivity index (χ0n) is 12.3. The number of hydrogen-bond donors (Lipinski definition) is 0. The Hall–Kier alpha value is -0.813. The van der Waals surface area contributed by atoms with Gasteiger partial charge >= 0.3 is 0 Å². The van der Waals surface area contributed by atoms with Crippen molar-refractivity contribution >= 4 is 30.5 Å². The van der Waals surface area contributed by atoms with Gasteiger partial charge in [0.15, 0.2) is 17.8 Å². The van der Waals surface area contributed by atoms with Crippen LogP contribution in [-0.2, 0) is 0 Å². The molecule has 0 unspecified atom stereocenters. The predicted molar refractivity (Wildman–Crippen MR) is 83.9 cm³/mol. The molecular formula is C14H21BrO3Si. The van der Waals surface area contributed by atoms with Gasteiger partial charge in [-0.2, -0.15) is 0 Å². The number of carbonyl (C=O) groups excluding carboxylic acids is 1. The first-order chi connectivity index (χ1) is 8.64. The number of halogens is 1. The second-order valence-electron chi connectivity index (χ2n) is 5.97. The molecular weight excluding hydrogens is 324 g/mol. The van der Waals surface area contributed by atoms with E-state index < -0.39 is 8.32 Å². The van der Waals surface area contributed by atoms with Crippen LogP contribution in [0.15, 0.2) is 16.6 Å². The molecule has 5 heteroatoms. The Kier molecular flexibility index (Phi) is 4.85. The van der Waals surface area contributed by atoms with Gasteiger partial charge in [0.1, 0.15) is 0 Å². The molecule has 0 spiro atoms. The Labute approximate surface area is 124 Å². The SMILES string of the molecule is COc1ccc(Br)c(C=O)c1O[Si](C)(C)C(C)(C)C. The summed E-state index contributed by atoms with van der Waals surface area (Å²) in [5.41, 5.74) is 0.504. The monoisotopic (exact) mass is 344 g/mol. The fraction of sp³-hybridized carbons (Fsp3) is 0.500. The van der Waals surface area contributed by atoms with Crippen molar-refractivity contribution in [1.82, 2.24) is 0 Å². The first-order valence-corrected chi connectivity index (χ1v) is 9.85. The van der Waals surface area contributed by atoms with E-state index in [4.69, 9.17) is 9.16 Å². The molecule has 0 aliphatic carbocycles. The predicted octanol–water partition coefficient (Wildman–Crippen LogP) is 4.65. The van der Waals surface area contributed by atoms with Gasteiger partial charge in [0.05, 0.1) is 12.7 Å². The molecule has 3 nitrogen and oxygen atoms in total. The zero-order valence-corrected chi connectivity index (χ0v) is 14.9. The molecule has 0 aliphatic rings. The van der Waals surface area contributed by atoms with E-state index in [1.165, 1.54) is 0 Å². The lowest BCUT2D eigenvalue weighted by Gasteiger charge is -2.37. The van der Waals surface area contributed by atoms with Gasteiger partial charge in [-0.1, -0.05) is 20.8 Å². The molecule has 0 aliphatic heterocycles. The molecule has 0 bridgehead atoms. The van der Waals surface area contributed by atoms with Crippen molar-refractivity contribution in [2.45, 2.75) is 38.9 Å². The lowest BCUT2D eigenvalue weighted by atomic mass is 10.2. The molecule has 0 N–H and O–H groups in total. The second-order valence-corrected chi connectivity index (χ2v) is 11.6. The fourth-order valence-corrected chi connectivity index (χ4v) is 2.77. The highest BCUT2D eigenvalue weighted by Crippen LogP contribution is 2.42. The third-order valence-electron chi connectivity index (χ3n) is 3.61. The Morgan fingerprint density at radius 2 is 1.84 bits per heavy atom. The minimum absolute atomic E-state index is 0.0560. The molecule has 0 radical (unpaired) electrons. The van der Waals surface area contributed by atoms with Gasteiger partial charge in [0, 0.05) is 4.47 Å². The molecule has 0 heterocycles. The molecule has 0 saturated carbocycles. The van der Waals surface area contributed by atoms with Gasteiger partial charge in [0.2, 0.25) is 0 Å². The molecule has 0 fully saturated rings. The van der Waals surface area contributed by atoms with Crippen LogP contribution in [0.1, 0.15) is 31.1 Å². The molecule has 1 aromatic rings. The summed E-state index contributed by atoms with van der Waals surface area (Å²) in [6.45, 7) is 10.8. The van der Waals surface area contributed by atoms with Crippen molar-refractivity contribution in [2.75, 3.05) is 7.11 Å². The van der Waals surface area contributed by atoms with Crippen LogP contribution < -0.4 is 9.16 Å². The number of rotatable bonds is 4. The Bertz CT molecular complexity index is 478. The van der Waals surface area contributed by atoms with Crippen molar-refractivity contribution in [1.29, 1.82) is 0 Å². The van der Waals surface area contributed by atoms with Crippen molar-refractivity contribution in [3.05, 3.63) is 22.2 Å². The zero-order chi connectivity index (χ0) is 14.8. The highest BCUT2D eigenvalue weighted by atomic mass is 79.9. The summed E-state index contributed by atoms with van der Waals surface area (Å²) < 4.78 is 12.3. The highest BCUT2D eigenvalue weighted by molar-refractivity contribution is 9.10. The van der Waals surface area contributed by atoms with Gasteiger partial charge in [0.25, 0.3) is 8.32 Å². The highest BCUT2D eigenvalue weighted by Gasteiger charge is 2.40. The summed E-state index contributed by atoms with van der Waals surface area (Å²) in [4.78, 5) is 11.3. The van der Waals surface area contributed by atoms with Crippen LogP contribution in [0.4, 0.5) is 0 Å². The number of benzene rings is 1. The molecule has 0 atom stereocenters. The molecule has 106 valence electrons. The first-order valence-electron chi connectivity index (χ1n) is 6.14. The van der Waals surface area contributed by atoms with E-state index in [1.54, 1.807) is 19.2 Å². The van der Waals surface area contributed by atoms with Crippen LogP contribution in [0.2, 0.25) is 18.1 Å². The minimum Gasteiger partial charge on any atom is -0.541 e. The van der Waals surface area contributed by atoms with Crippen molar-refractivity contribution in [3.8, 4) is 11.5 Å². The molecule has 1 aromatic carbocycles. The largest absolute Gasteiger partial charge is 0.541 e. The van der Waals surface area contributed by atoms with Crippen LogP contribution in [0.25, 0.3) is 0 Å². The van der Waals surface area contributed by atoms with Crippen LogP contribution in [0.3, 0.4) is 0 Å². The third-order valence-corrected chi connectivity index (χ3v) is 8.63. The topological polar surface area (TPSA) is 35.5 Å². The molecule has 0 aromatic heterocycles. The summed E-state index contributed by atoms with van der Waals surface area (Å²) >= 11 is 3.38. The van der Waals surface area contributed by atoms with Gasteiger partial charge in [-0.15, -0.1) is 0 Å². The summed E-state index contributed by atoms with van der Waals surface area (Å²) in [6, 6.07) is 3.60. The van der Waals surface area contributed by atoms with Crippen LogP contribution in [0, 0.1) is 0 Å². The fourth-order valence-electron chi connectivity index (χ4n) is 1.34. The molecule has 19 heavy (non-hydrogen) atoms. The van der Waals surface area contributed by atoms with Crippen LogP contribution in [0.5, 0.6) is 11.5 Å². The summed E-state index contributed by atoms with van der Waals surface area (Å²) in [6.07, 6.45) is 0.801. The van der Waals surface area contributed by atoms with Crippen LogP contribution in [-0.4, -0.2) is 21.7 Å². The van der Waals surface area contributed by atoms with Gasteiger partial charge in [-0.05, 0) is 46.2 Å². The summed E-state index contributed by atoms with van der Waals surface area (Å²) in [5.74, 6) is 1.13. The van der Waals surface area contributed by atoms with Gasteiger partial charge in [-0.25, -0.2) is 0 Å². The van der Waals surface area contributed by atoms with E-state index in [9.17, 15) is 4.79 Å². The van der Waals surface area contributed by atoms with E-state index in [2.05, 4.69) is 49.8 Å². The number of carbonyl (C=O) groups is 1.